The van der Waals surface area contributed by atoms with Crippen LogP contribution in [0, 0.1) is 19.8 Å². The minimum Gasteiger partial charge on any atom is -0.394 e. The van der Waals surface area contributed by atoms with Crippen molar-refractivity contribution in [1.29, 1.82) is 0 Å². The zero-order valence-electron chi connectivity index (χ0n) is 12.4. The SMILES string of the molecule is CSc1nc(C)nc(C)c1C(=O)N1CCC(C)C1CO. The van der Waals surface area contributed by atoms with Crippen molar-refractivity contribution in [3.05, 3.63) is 17.1 Å². The fourth-order valence-electron chi connectivity index (χ4n) is 2.76. The minimum absolute atomic E-state index is 0.00722. The van der Waals surface area contributed by atoms with Crippen LogP contribution in [0.15, 0.2) is 5.03 Å². The first kappa shape index (κ1) is 15.3. The van der Waals surface area contributed by atoms with Gasteiger partial charge in [0, 0.05) is 6.54 Å². The maximum atomic E-state index is 12.8. The first-order chi connectivity index (χ1) is 9.49. The Morgan fingerprint density at radius 2 is 2.15 bits per heavy atom. The zero-order valence-corrected chi connectivity index (χ0v) is 13.2. The van der Waals surface area contributed by atoms with Gasteiger partial charge < -0.3 is 10.0 Å². The Kier molecular flexibility index (Phi) is 4.65. The molecule has 1 aromatic rings. The van der Waals surface area contributed by atoms with Crippen LogP contribution in [-0.4, -0.2) is 51.3 Å². The van der Waals surface area contributed by atoms with Gasteiger partial charge in [-0.25, -0.2) is 9.97 Å². The van der Waals surface area contributed by atoms with Crippen LogP contribution in [0.3, 0.4) is 0 Å². The van der Waals surface area contributed by atoms with Gasteiger partial charge in [0.25, 0.3) is 5.91 Å². The van der Waals surface area contributed by atoms with E-state index in [2.05, 4.69) is 16.9 Å². The highest BCUT2D eigenvalue weighted by Gasteiger charge is 2.36. The van der Waals surface area contributed by atoms with Crippen LogP contribution in [0.1, 0.15) is 35.2 Å². The van der Waals surface area contributed by atoms with E-state index in [-0.39, 0.29) is 18.6 Å². The van der Waals surface area contributed by atoms with Crippen molar-refractivity contribution in [2.75, 3.05) is 19.4 Å². The van der Waals surface area contributed by atoms with E-state index in [0.717, 1.165) is 11.4 Å². The third-order valence-electron chi connectivity index (χ3n) is 3.91. The average molecular weight is 295 g/mol. The Morgan fingerprint density at radius 1 is 1.45 bits per heavy atom. The molecular weight excluding hydrogens is 274 g/mol. The smallest absolute Gasteiger partial charge is 0.258 e. The van der Waals surface area contributed by atoms with Crippen molar-refractivity contribution in [1.82, 2.24) is 14.9 Å². The van der Waals surface area contributed by atoms with Crippen LogP contribution in [0.25, 0.3) is 0 Å². The molecule has 0 aliphatic carbocycles. The highest BCUT2D eigenvalue weighted by atomic mass is 32.2. The number of aryl methyl sites for hydroxylation is 2. The average Bonchev–Trinajstić information content (AvgIpc) is 2.78. The first-order valence-corrected chi connectivity index (χ1v) is 8.03. The molecule has 1 N–H and O–H groups in total. The van der Waals surface area contributed by atoms with Crippen LogP contribution in [0.2, 0.25) is 0 Å². The molecule has 2 rings (SSSR count). The largest absolute Gasteiger partial charge is 0.394 e. The Labute approximate surface area is 123 Å². The number of likely N-dealkylation sites (tertiary alicyclic amines) is 1. The second-order valence-corrected chi connectivity index (χ2v) is 6.05. The van der Waals surface area contributed by atoms with Gasteiger partial charge in [-0.3, -0.25) is 4.79 Å². The van der Waals surface area contributed by atoms with Crippen molar-refractivity contribution in [3.63, 3.8) is 0 Å². The fourth-order valence-corrected chi connectivity index (χ4v) is 3.42. The Morgan fingerprint density at radius 3 is 2.75 bits per heavy atom. The maximum absolute atomic E-state index is 12.8. The summed E-state index contributed by atoms with van der Waals surface area (Å²) in [5.41, 5.74) is 1.29. The van der Waals surface area contributed by atoms with Crippen LogP contribution in [-0.2, 0) is 0 Å². The number of hydrogen-bond donors (Lipinski definition) is 1. The first-order valence-electron chi connectivity index (χ1n) is 6.80. The summed E-state index contributed by atoms with van der Waals surface area (Å²) in [7, 11) is 0. The number of carbonyl (C=O) groups excluding carboxylic acids is 1. The molecule has 1 fully saturated rings. The Balaban J connectivity index is 2.39. The van der Waals surface area contributed by atoms with Crippen LogP contribution >= 0.6 is 11.8 Å². The molecule has 1 aliphatic heterocycles. The lowest BCUT2D eigenvalue weighted by molar-refractivity contribution is 0.0642. The Hall–Kier alpha value is -1.14. The molecule has 1 saturated heterocycles. The maximum Gasteiger partial charge on any atom is 0.258 e. The lowest BCUT2D eigenvalue weighted by Gasteiger charge is -2.26. The number of hydrogen-bond acceptors (Lipinski definition) is 5. The monoisotopic (exact) mass is 295 g/mol. The predicted octanol–water partition coefficient (Wildman–Crippen LogP) is 1.66. The molecular formula is C14H21N3O2S. The molecule has 20 heavy (non-hydrogen) atoms. The van der Waals surface area contributed by atoms with Gasteiger partial charge in [-0.1, -0.05) is 6.92 Å². The van der Waals surface area contributed by atoms with Gasteiger partial charge in [-0.15, -0.1) is 11.8 Å². The number of rotatable bonds is 3. The molecule has 2 atom stereocenters. The van der Waals surface area contributed by atoms with Crippen molar-refractivity contribution in [3.8, 4) is 0 Å². The molecule has 2 heterocycles. The van der Waals surface area contributed by atoms with E-state index in [1.165, 1.54) is 11.8 Å². The van der Waals surface area contributed by atoms with Crippen molar-refractivity contribution >= 4 is 17.7 Å². The standard InChI is InChI=1S/C14H21N3O2S/c1-8-5-6-17(11(8)7-18)14(19)12-9(2)15-10(3)16-13(12)20-4/h8,11,18H,5-7H2,1-4H3. The fraction of sp³-hybridized carbons (Fsp3) is 0.643. The summed E-state index contributed by atoms with van der Waals surface area (Å²) in [5, 5.41) is 10.2. The van der Waals surface area contributed by atoms with E-state index in [1.54, 1.807) is 4.90 Å². The van der Waals surface area contributed by atoms with Crippen molar-refractivity contribution < 1.29 is 9.90 Å². The molecule has 1 aliphatic rings. The minimum atomic E-state index is -0.0992. The lowest BCUT2D eigenvalue weighted by Crippen LogP contribution is -2.40. The normalized spacial score (nSPS) is 22.4. The van der Waals surface area contributed by atoms with E-state index >= 15 is 0 Å². The summed E-state index contributed by atoms with van der Waals surface area (Å²) in [4.78, 5) is 23.2. The van der Waals surface area contributed by atoms with E-state index in [0.29, 0.717) is 29.5 Å². The predicted molar refractivity (Wildman–Crippen MR) is 79.0 cm³/mol. The topological polar surface area (TPSA) is 66.3 Å². The van der Waals surface area contributed by atoms with Gasteiger partial charge in [-0.2, -0.15) is 0 Å². The number of thioether (sulfide) groups is 1. The molecule has 5 nitrogen and oxygen atoms in total. The molecule has 0 bridgehead atoms. The summed E-state index contributed by atoms with van der Waals surface area (Å²) >= 11 is 1.46. The van der Waals surface area contributed by atoms with Crippen molar-refractivity contribution in [2.24, 2.45) is 5.92 Å². The number of aromatic nitrogens is 2. The summed E-state index contributed by atoms with van der Waals surface area (Å²) in [6.45, 7) is 6.44. The number of aliphatic hydroxyl groups excluding tert-OH is 1. The van der Waals surface area contributed by atoms with Gasteiger partial charge in [0.05, 0.1) is 23.9 Å². The molecule has 0 radical (unpaired) electrons. The van der Waals surface area contributed by atoms with E-state index in [4.69, 9.17) is 0 Å². The van der Waals surface area contributed by atoms with Gasteiger partial charge in [0.2, 0.25) is 0 Å². The summed E-state index contributed by atoms with van der Waals surface area (Å²) in [6.07, 6.45) is 2.84. The van der Waals surface area contributed by atoms with Crippen molar-refractivity contribution in [2.45, 2.75) is 38.3 Å². The number of amides is 1. The van der Waals surface area contributed by atoms with Gasteiger partial charge in [0.15, 0.2) is 0 Å². The molecule has 2 unspecified atom stereocenters. The summed E-state index contributed by atoms with van der Waals surface area (Å²) in [6, 6.07) is -0.0992. The van der Waals surface area contributed by atoms with E-state index in [9.17, 15) is 9.90 Å². The molecule has 0 spiro atoms. The quantitative estimate of drug-likeness (QED) is 0.678. The molecule has 1 aromatic heterocycles. The molecule has 1 amide bonds. The third-order valence-corrected chi connectivity index (χ3v) is 4.59. The van der Waals surface area contributed by atoms with Gasteiger partial charge in [-0.05, 0) is 32.4 Å². The number of aliphatic hydroxyl groups is 1. The van der Waals surface area contributed by atoms with Gasteiger partial charge >= 0.3 is 0 Å². The molecule has 6 heteroatoms. The third kappa shape index (κ3) is 2.67. The molecule has 110 valence electrons. The Bertz CT molecular complexity index is 521. The van der Waals surface area contributed by atoms with Crippen LogP contribution in [0.4, 0.5) is 0 Å². The highest BCUT2D eigenvalue weighted by molar-refractivity contribution is 7.98. The van der Waals surface area contributed by atoms with E-state index < -0.39 is 0 Å². The zero-order chi connectivity index (χ0) is 14.9. The van der Waals surface area contributed by atoms with Gasteiger partial charge in [0.1, 0.15) is 10.9 Å². The number of carbonyl (C=O) groups is 1. The molecule has 0 saturated carbocycles. The molecule has 0 aromatic carbocycles. The van der Waals surface area contributed by atoms with Crippen LogP contribution < -0.4 is 0 Å². The van der Waals surface area contributed by atoms with Crippen LogP contribution in [0.5, 0.6) is 0 Å². The highest BCUT2D eigenvalue weighted by Crippen LogP contribution is 2.28. The summed E-state index contributed by atoms with van der Waals surface area (Å²) in [5.74, 6) is 0.945. The second kappa shape index (κ2) is 6.10. The number of nitrogens with zero attached hydrogens (tertiary/aromatic N) is 3. The van der Waals surface area contributed by atoms with E-state index in [1.807, 2.05) is 20.1 Å². The summed E-state index contributed by atoms with van der Waals surface area (Å²) < 4.78 is 0. The second-order valence-electron chi connectivity index (χ2n) is 5.25. The lowest BCUT2D eigenvalue weighted by atomic mass is 10.0.